The number of aliphatic hydroxyl groups is 1. The summed E-state index contributed by atoms with van der Waals surface area (Å²) in [6, 6.07) is 6.75. The van der Waals surface area contributed by atoms with Gasteiger partial charge in [-0.2, -0.15) is 0 Å². The summed E-state index contributed by atoms with van der Waals surface area (Å²) in [5, 5.41) is 10.0. The maximum atomic E-state index is 10.0. The molecule has 0 bridgehead atoms. The molecule has 1 heteroatoms. The molecule has 0 spiro atoms. The zero-order valence-corrected chi connectivity index (χ0v) is 10.6. The molecule has 0 aromatic heterocycles. The first kappa shape index (κ1) is 11.7. The molecule has 0 saturated heterocycles. The van der Waals surface area contributed by atoms with Gasteiger partial charge in [-0.15, -0.1) is 0 Å². The molecule has 1 aromatic carbocycles. The van der Waals surface area contributed by atoms with Gasteiger partial charge in [-0.05, 0) is 41.9 Å². The van der Waals surface area contributed by atoms with Crippen LogP contribution in [-0.4, -0.2) is 10.7 Å². The van der Waals surface area contributed by atoms with E-state index in [0.29, 0.717) is 5.92 Å². The predicted molar refractivity (Wildman–Crippen MR) is 67.8 cm³/mol. The van der Waals surface area contributed by atoms with Gasteiger partial charge in [-0.1, -0.05) is 39.0 Å². The second-order valence-electron chi connectivity index (χ2n) is 5.44. The predicted octanol–water partition coefficient (Wildman–Crippen LogP) is 3.44. The van der Waals surface area contributed by atoms with Crippen LogP contribution in [0.3, 0.4) is 0 Å². The smallest absolute Gasteiger partial charge is 0.0690 e. The fourth-order valence-electron chi connectivity index (χ4n) is 2.19. The molecule has 0 heterocycles. The molecule has 1 N–H and O–H groups in total. The van der Waals surface area contributed by atoms with E-state index in [4.69, 9.17) is 0 Å². The maximum Gasteiger partial charge on any atom is 0.0690 e. The van der Waals surface area contributed by atoms with Crippen molar-refractivity contribution in [2.75, 3.05) is 0 Å². The van der Waals surface area contributed by atoms with Crippen LogP contribution in [0, 0.1) is 0 Å². The maximum absolute atomic E-state index is 10.0. The van der Waals surface area contributed by atoms with E-state index < -0.39 is 0 Å². The topological polar surface area (TPSA) is 20.2 Å². The van der Waals surface area contributed by atoms with E-state index in [9.17, 15) is 5.11 Å². The summed E-state index contributed by atoms with van der Waals surface area (Å²) >= 11 is 0. The lowest BCUT2D eigenvalue weighted by atomic mass is 9.93. The SMILES string of the molecule is CCc1ccc(C(C)C)cc1CC1(O)CC1. The third-order valence-corrected chi connectivity index (χ3v) is 3.62. The van der Waals surface area contributed by atoms with E-state index in [1.807, 2.05) is 0 Å². The molecule has 16 heavy (non-hydrogen) atoms. The molecular weight excluding hydrogens is 196 g/mol. The first-order valence-corrected chi connectivity index (χ1v) is 6.38. The molecule has 1 aliphatic carbocycles. The van der Waals surface area contributed by atoms with Crippen LogP contribution in [0.4, 0.5) is 0 Å². The zero-order chi connectivity index (χ0) is 11.8. The lowest BCUT2D eigenvalue weighted by Gasteiger charge is -2.15. The van der Waals surface area contributed by atoms with Gasteiger partial charge in [0.1, 0.15) is 0 Å². The van der Waals surface area contributed by atoms with Crippen molar-refractivity contribution in [2.45, 2.75) is 58.0 Å². The highest BCUT2D eigenvalue weighted by Crippen LogP contribution is 2.39. The molecule has 0 atom stereocenters. The summed E-state index contributed by atoms with van der Waals surface area (Å²) in [6.45, 7) is 6.62. The average molecular weight is 218 g/mol. The molecule has 0 unspecified atom stereocenters. The molecule has 1 aliphatic rings. The third-order valence-electron chi connectivity index (χ3n) is 3.62. The van der Waals surface area contributed by atoms with E-state index in [1.165, 1.54) is 16.7 Å². The Balaban J connectivity index is 2.27. The zero-order valence-electron chi connectivity index (χ0n) is 10.6. The van der Waals surface area contributed by atoms with E-state index in [-0.39, 0.29) is 5.60 Å². The van der Waals surface area contributed by atoms with Gasteiger partial charge in [0.2, 0.25) is 0 Å². The Hall–Kier alpha value is -0.820. The van der Waals surface area contributed by atoms with Gasteiger partial charge < -0.3 is 5.11 Å². The number of aryl methyl sites for hydroxylation is 1. The van der Waals surface area contributed by atoms with E-state index >= 15 is 0 Å². The first-order valence-electron chi connectivity index (χ1n) is 6.38. The summed E-state index contributed by atoms with van der Waals surface area (Å²) in [4.78, 5) is 0. The van der Waals surface area contributed by atoms with Gasteiger partial charge in [0.25, 0.3) is 0 Å². The van der Waals surface area contributed by atoms with Crippen molar-refractivity contribution in [3.05, 3.63) is 34.9 Å². The highest BCUT2D eigenvalue weighted by Gasteiger charge is 2.40. The summed E-state index contributed by atoms with van der Waals surface area (Å²) in [6.07, 6.45) is 3.85. The van der Waals surface area contributed by atoms with Gasteiger partial charge in [0.15, 0.2) is 0 Å². The molecule has 1 fully saturated rings. The molecule has 0 aliphatic heterocycles. The Bertz CT molecular complexity index is 375. The number of benzene rings is 1. The van der Waals surface area contributed by atoms with Gasteiger partial charge >= 0.3 is 0 Å². The van der Waals surface area contributed by atoms with Crippen LogP contribution in [0.15, 0.2) is 18.2 Å². The van der Waals surface area contributed by atoms with E-state index in [2.05, 4.69) is 39.0 Å². The Morgan fingerprint density at radius 3 is 2.44 bits per heavy atom. The average Bonchev–Trinajstić information content (AvgIpc) is 2.96. The van der Waals surface area contributed by atoms with E-state index in [1.54, 1.807) is 0 Å². The van der Waals surface area contributed by atoms with Crippen molar-refractivity contribution < 1.29 is 5.11 Å². The second kappa shape index (κ2) is 4.21. The third kappa shape index (κ3) is 2.46. The fourth-order valence-corrected chi connectivity index (χ4v) is 2.19. The molecule has 1 aromatic rings. The molecule has 88 valence electrons. The van der Waals surface area contributed by atoms with Crippen molar-refractivity contribution >= 4 is 0 Å². The van der Waals surface area contributed by atoms with Gasteiger partial charge in [-0.3, -0.25) is 0 Å². The summed E-state index contributed by atoms with van der Waals surface area (Å²) in [5.74, 6) is 0.568. The minimum atomic E-state index is -0.375. The van der Waals surface area contributed by atoms with Crippen molar-refractivity contribution in [1.82, 2.24) is 0 Å². The number of hydrogen-bond donors (Lipinski definition) is 1. The van der Waals surface area contributed by atoms with Gasteiger partial charge in [0, 0.05) is 6.42 Å². The molecule has 1 saturated carbocycles. The Labute approximate surface area is 98.5 Å². The monoisotopic (exact) mass is 218 g/mol. The minimum absolute atomic E-state index is 0.375. The van der Waals surface area contributed by atoms with Crippen LogP contribution in [0.2, 0.25) is 0 Å². The van der Waals surface area contributed by atoms with Crippen molar-refractivity contribution in [3.8, 4) is 0 Å². The molecule has 0 amide bonds. The first-order chi connectivity index (χ1) is 7.54. The molecular formula is C15H22O. The van der Waals surface area contributed by atoms with Crippen LogP contribution < -0.4 is 0 Å². The van der Waals surface area contributed by atoms with Crippen LogP contribution >= 0.6 is 0 Å². The Morgan fingerprint density at radius 1 is 1.25 bits per heavy atom. The van der Waals surface area contributed by atoms with Crippen LogP contribution in [-0.2, 0) is 12.8 Å². The second-order valence-corrected chi connectivity index (χ2v) is 5.44. The van der Waals surface area contributed by atoms with Crippen LogP contribution in [0.25, 0.3) is 0 Å². The van der Waals surface area contributed by atoms with Crippen molar-refractivity contribution in [3.63, 3.8) is 0 Å². The summed E-state index contributed by atoms with van der Waals surface area (Å²) in [5.41, 5.74) is 3.76. The fraction of sp³-hybridized carbons (Fsp3) is 0.600. The normalized spacial score (nSPS) is 17.8. The van der Waals surface area contributed by atoms with Crippen LogP contribution in [0.5, 0.6) is 0 Å². The summed E-state index contributed by atoms with van der Waals surface area (Å²) < 4.78 is 0. The van der Waals surface area contributed by atoms with Gasteiger partial charge in [-0.25, -0.2) is 0 Å². The minimum Gasteiger partial charge on any atom is -0.390 e. The molecule has 0 radical (unpaired) electrons. The van der Waals surface area contributed by atoms with E-state index in [0.717, 1.165) is 25.7 Å². The largest absolute Gasteiger partial charge is 0.390 e. The van der Waals surface area contributed by atoms with Crippen molar-refractivity contribution in [2.24, 2.45) is 0 Å². The van der Waals surface area contributed by atoms with Crippen LogP contribution in [0.1, 0.15) is 56.2 Å². The quantitative estimate of drug-likeness (QED) is 0.820. The number of hydrogen-bond acceptors (Lipinski definition) is 1. The summed E-state index contributed by atoms with van der Waals surface area (Å²) in [7, 11) is 0. The lowest BCUT2D eigenvalue weighted by molar-refractivity contribution is 0.150. The standard InChI is InChI=1S/C15H22O/c1-4-12-5-6-13(11(2)3)9-14(12)10-15(16)7-8-15/h5-6,9,11,16H,4,7-8,10H2,1-3H3. The highest BCUT2D eigenvalue weighted by atomic mass is 16.3. The highest BCUT2D eigenvalue weighted by molar-refractivity contribution is 5.35. The number of rotatable bonds is 4. The van der Waals surface area contributed by atoms with Gasteiger partial charge in [0.05, 0.1) is 5.60 Å². The molecule has 2 rings (SSSR count). The van der Waals surface area contributed by atoms with Crippen molar-refractivity contribution in [1.29, 1.82) is 0 Å². The molecule has 1 nitrogen and oxygen atoms in total. The Kier molecular flexibility index (Phi) is 3.07. The Morgan fingerprint density at radius 2 is 1.94 bits per heavy atom. The lowest BCUT2D eigenvalue weighted by Crippen LogP contribution is -2.12.